The van der Waals surface area contributed by atoms with Gasteiger partial charge in [0.2, 0.25) is 0 Å². The van der Waals surface area contributed by atoms with E-state index in [-0.39, 0.29) is 12.8 Å². The average molecular weight is 167 g/mol. The van der Waals surface area contributed by atoms with Gasteiger partial charge in [-0.15, -0.1) is 0 Å². The van der Waals surface area contributed by atoms with Crippen molar-refractivity contribution in [3.05, 3.63) is 0 Å². The Morgan fingerprint density at radius 3 is 2.27 bits per heavy atom. The molecule has 0 N–H and O–H groups in total. The first-order chi connectivity index (χ1) is 4.98. The summed E-state index contributed by atoms with van der Waals surface area (Å²) in [6, 6.07) is 0. The van der Waals surface area contributed by atoms with Crippen molar-refractivity contribution in [3.8, 4) is 0 Å². The zero-order valence-corrected chi connectivity index (χ0v) is 5.73. The quantitative estimate of drug-likeness (QED) is 0.351. The Hall–Kier alpha value is -0.805. The van der Waals surface area contributed by atoms with Crippen LogP contribution in [0.2, 0.25) is 0 Å². The lowest BCUT2D eigenvalue weighted by atomic mass is 9.81. The standard InChI is InChI=1S/C5H7BF3O2/c7-6(8,9)5(11)3-1-2-4-10/h4H,1-3H2/q-1. The lowest BCUT2D eigenvalue weighted by Crippen LogP contribution is -2.29. The number of aldehydes is 1. The number of hydrogen-bond donors (Lipinski definition) is 0. The van der Waals surface area contributed by atoms with E-state index < -0.39 is 19.1 Å². The van der Waals surface area contributed by atoms with Crippen molar-refractivity contribution in [2.75, 3.05) is 0 Å². The van der Waals surface area contributed by atoms with Gasteiger partial charge in [-0.05, 0) is 12.8 Å². The molecule has 0 atom stereocenters. The van der Waals surface area contributed by atoms with Crippen LogP contribution in [-0.2, 0) is 9.59 Å². The smallest absolute Gasteiger partial charge is 0.443 e. The Bertz CT molecular complexity index is 154. The molecule has 0 amide bonds. The molecule has 0 heterocycles. The van der Waals surface area contributed by atoms with Gasteiger partial charge in [0, 0.05) is 6.42 Å². The van der Waals surface area contributed by atoms with Gasteiger partial charge in [-0.3, -0.25) is 0 Å². The van der Waals surface area contributed by atoms with Crippen molar-refractivity contribution in [1.29, 1.82) is 0 Å². The van der Waals surface area contributed by atoms with Gasteiger partial charge >= 0.3 is 6.98 Å². The number of unbranched alkanes of at least 4 members (excludes halogenated alkanes) is 1. The van der Waals surface area contributed by atoms with E-state index in [1.54, 1.807) is 0 Å². The highest BCUT2D eigenvalue weighted by atomic mass is 19.4. The molecule has 0 fully saturated rings. The van der Waals surface area contributed by atoms with Gasteiger partial charge in [0.1, 0.15) is 6.29 Å². The maximum Gasteiger partial charge on any atom is 0.544 e. The van der Waals surface area contributed by atoms with Crippen LogP contribution in [0.15, 0.2) is 0 Å². The summed E-state index contributed by atoms with van der Waals surface area (Å²) in [7, 11) is 0. The molecule has 6 heteroatoms. The number of rotatable bonds is 5. The molecule has 0 saturated carbocycles. The first kappa shape index (κ1) is 10.2. The minimum Gasteiger partial charge on any atom is -0.443 e. The Morgan fingerprint density at radius 1 is 1.36 bits per heavy atom. The van der Waals surface area contributed by atoms with Crippen LogP contribution in [0.25, 0.3) is 0 Å². The monoisotopic (exact) mass is 167 g/mol. The van der Waals surface area contributed by atoms with Gasteiger partial charge in [0.25, 0.3) is 0 Å². The Morgan fingerprint density at radius 2 is 1.91 bits per heavy atom. The molecule has 0 aliphatic heterocycles. The number of hydrogen-bond acceptors (Lipinski definition) is 2. The first-order valence-corrected chi connectivity index (χ1v) is 3.14. The highest BCUT2D eigenvalue weighted by Gasteiger charge is 2.31. The third-order valence-corrected chi connectivity index (χ3v) is 1.11. The van der Waals surface area contributed by atoms with Gasteiger partial charge in [0.05, 0.1) is 5.68 Å². The summed E-state index contributed by atoms with van der Waals surface area (Å²) in [5.74, 6) is 0. The summed E-state index contributed by atoms with van der Waals surface area (Å²) in [6.07, 6.45) is -0.0691. The molecule has 0 aromatic heterocycles. The molecule has 2 nitrogen and oxygen atoms in total. The van der Waals surface area contributed by atoms with E-state index in [1.807, 2.05) is 0 Å². The van der Waals surface area contributed by atoms with E-state index in [2.05, 4.69) is 0 Å². The fourth-order valence-electron chi connectivity index (χ4n) is 0.523. The average Bonchev–Trinajstić information content (AvgIpc) is 1.86. The van der Waals surface area contributed by atoms with E-state index in [0.717, 1.165) is 0 Å². The van der Waals surface area contributed by atoms with Gasteiger partial charge in [0.15, 0.2) is 0 Å². The molecule has 0 bridgehead atoms. The number of carbonyl (C=O) groups excluding carboxylic acids is 2. The third-order valence-electron chi connectivity index (χ3n) is 1.11. The van der Waals surface area contributed by atoms with Crippen molar-refractivity contribution in [3.63, 3.8) is 0 Å². The predicted octanol–water partition coefficient (Wildman–Crippen LogP) is 1.31. The van der Waals surface area contributed by atoms with Gasteiger partial charge in [-0.25, -0.2) is 0 Å². The predicted molar refractivity (Wildman–Crippen MR) is 34.0 cm³/mol. The van der Waals surface area contributed by atoms with Crippen molar-refractivity contribution in [1.82, 2.24) is 0 Å². The Labute approximate surface area is 61.8 Å². The highest BCUT2D eigenvalue weighted by molar-refractivity contribution is 6.90. The van der Waals surface area contributed by atoms with E-state index in [0.29, 0.717) is 6.29 Å². The molecule has 0 saturated heterocycles. The molecule has 0 aliphatic carbocycles. The third kappa shape index (κ3) is 4.58. The van der Waals surface area contributed by atoms with Crippen LogP contribution >= 0.6 is 0 Å². The molecule has 0 rings (SSSR count). The summed E-state index contributed by atoms with van der Waals surface area (Å²) in [6.45, 7) is -5.34. The molecular formula is C5H7BF3O2-. The molecular weight excluding hydrogens is 160 g/mol. The maximum atomic E-state index is 11.5. The zero-order chi connectivity index (χ0) is 8.91. The first-order valence-electron chi connectivity index (χ1n) is 3.14. The van der Waals surface area contributed by atoms with E-state index in [4.69, 9.17) is 0 Å². The van der Waals surface area contributed by atoms with Crippen LogP contribution in [0.5, 0.6) is 0 Å². The second-order valence-electron chi connectivity index (χ2n) is 2.10. The molecule has 0 unspecified atom stereocenters. The molecule has 0 spiro atoms. The van der Waals surface area contributed by atoms with Gasteiger partial charge < -0.3 is 22.5 Å². The summed E-state index contributed by atoms with van der Waals surface area (Å²) in [4.78, 5) is 19.8. The van der Waals surface area contributed by atoms with E-state index in [9.17, 15) is 22.5 Å². The normalized spacial score (nSPS) is 11.2. The topological polar surface area (TPSA) is 34.1 Å². The minimum atomic E-state index is -5.34. The van der Waals surface area contributed by atoms with Crippen LogP contribution in [-0.4, -0.2) is 18.9 Å². The zero-order valence-electron chi connectivity index (χ0n) is 5.73. The lowest BCUT2D eigenvalue weighted by Gasteiger charge is -2.10. The molecule has 0 aromatic rings. The highest BCUT2D eigenvalue weighted by Crippen LogP contribution is 2.13. The fourth-order valence-corrected chi connectivity index (χ4v) is 0.523. The Balaban J connectivity index is 3.62. The maximum absolute atomic E-state index is 11.5. The largest absolute Gasteiger partial charge is 0.544 e. The van der Waals surface area contributed by atoms with E-state index in [1.165, 1.54) is 0 Å². The van der Waals surface area contributed by atoms with Crippen LogP contribution < -0.4 is 0 Å². The van der Waals surface area contributed by atoms with Crippen molar-refractivity contribution < 1.29 is 22.5 Å². The van der Waals surface area contributed by atoms with Crippen molar-refractivity contribution in [2.45, 2.75) is 19.3 Å². The summed E-state index contributed by atoms with van der Waals surface area (Å²) < 4.78 is 34.5. The van der Waals surface area contributed by atoms with E-state index >= 15 is 0 Å². The van der Waals surface area contributed by atoms with Crippen LogP contribution in [0.4, 0.5) is 12.9 Å². The van der Waals surface area contributed by atoms with Gasteiger partial charge in [-0.1, -0.05) is 0 Å². The Kier molecular flexibility index (Phi) is 3.85. The molecule has 11 heavy (non-hydrogen) atoms. The second kappa shape index (κ2) is 4.15. The minimum absolute atomic E-state index is 0.0103. The number of carbonyl (C=O) groups is 2. The molecule has 0 aromatic carbocycles. The summed E-state index contributed by atoms with van der Waals surface area (Å²) in [5, 5.41) is 0. The van der Waals surface area contributed by atoms with Crippen LogP contribution in [0, 0.1) is 0 Å². The summed E-state index contributed by atoms with van der Waals surface area (Å²) in [5.41, 5.74) is -1.70. The molecule has 0 radical (unpaired) electrons. The van der Waals surface area contributed by atoms with Crippen molar-refractivity contribution >= 4 is 18.9 Å². The van der Waals surface area contributed by atoms with Crippen LogP contribution in [0.3, 0.4) is 0 Å². The van der Waals surface area contributed by atoms with Gasteiger partial charge in [-0.2, -0.15) is 0 Å². The SMILES string of the molecule is O=CCCCC(=O)[B-](F)(F)F. The molecule has 0 aliphatic rings. The fraction of sp³-hybridized carbons (Fsp3) is 0.600. The van der Waals surface area contributed by atoms with Crippen molar-refractivity contribution in [2.24, 2.45) is 0 Å². The molecule has 64 valence electrons. The second-order valence-corrected chi connectivity index (χ2v) is 2.10. The van der Waals surface area contributed by atoms with Crippen LogP contribution in [0.1, 0.15) is 19.3 Å². The summed E-state index contributed by atoms with van der Waals surface area (Å²) >= 11 is 0. The number of halogens is 3. The lowest BCUT2D eigenvalue weighted by molar-refractivity contribution is -0.115.